The molecule has 2 aromatic heterocycles. The molecule has 0 saturated heterocycles. The molecule has 0 aliphatic heterocycles. The van der Waals surface area contributed by atoms with Crippen LogP contribution in [0, 0.1) is 0 Å². The average molecular weight is 441 g/mol. The number of thiazole rings is 1. The van der Waals surface area contributed by atoms with Crippen LogP contribution in [0.3, 0.4) is 0 Å². The van der Waals surface area contributed by atoms with Crippen molar-refractivity contribution in [2.75, 3.05) is 16.6 Å². The molecule has 8 nitrogen and oxygen atoms in total. The molecule has 4 rings (SSSR count). The van der Waals surface area contributed by atoms with Crippen LogP contribution in [-0.2, 0) is 14.8 Å². The van der Waals surface area contributed by atoms with Crippen molar-refractivity contribution < 1.29 is 17.9 Å². The van der Waals surface area contributed by atoms with Crippen LogP contribution >= 0.6 is 11.3 Å². The van der Waals surface area contributed by atoms with E-state index >= 15 is 0 Å². The number of nitrogens with one attached hydrogen (secondary N) is 2. The third-order valence-corrected chi connectivity index (χ3v) is 6.24. The normalized spacial score (nSPS) is 11.2. The van der Waals surface area contributed by atoms with Gasteiger partial charge in [0.1, 0.15) is 5.75 Å². The Kier molecular flexibility index (Phi) is 5.59. The van der Waals surface area contributed by atoms with Gasteiger partial charge in [-0.25, -0.2) is 13.4 Å². The van der Waals surface area contributed by atoms with Crippen LogP contribution < -0.4 is 14.8 Å². The Morgan fingerprint density at radius 3 is 2.57 bits per heavy atom. The lowest BCUT2D eigenvalue weighted by atomic mass is 10.2. The molecular formula is C20H16N4O4S2. The summed E-state index contributed by atoms with van der Waals surface area (Å²) < 4.78 is 32.7. The Hall–Kier alpha value is -3.50. The molecule has 0 unspecified atom stereocenters. The van der Waals surface area contributed by atoms with Gasteiger partial charge in [-0.3, -0.25) is 14.5 Å². The largest absolute Gasteiger partial charge is 0.483 e. The number of amides is 1. The van der Waals surface area contributed by atoms with Crippen molar-refractivity contribution in [3.05, 3.63) is 72.4 Å². The van der Waals surface area contributed by atoms with Crippen molar-refractivity contribution in [3.8, 4) is 5.75 Å². The molecule has 0 fully saturated rings. The lowest BCUT2D eigenvalue weighted by molar-refractivity contribution is -0.118. The predicted octanol–water partition coefficient (Wildman–Crippen LogP) is 3.51. The number of nitrogens with zero attached hydrogens (tertiary/aromatic N) is 2. The molecule has 0 aliphatic carbocycles. The molecule has 152 valence electrons. The second-order valence-electron chi connectivity index (χ2n) is 6.13. The van der Waals surface area contributed by atoms with Crippen LogP contribution in [0.1, 0.15) is 0 Å². The number of aromatic nitrogens is 2. The molecule has 4 aromatic rings. The zero-order valence-corrected chi connectivity index (χ0v) is 17.1. The smallest absolute Gasteiger partial charge is 0.263 e. The summed E-state index contributed by atoms with van der Waals surface area (Å²) in [6.07, 6.45) is 3.13. The number of carbonyl (C=O) groups is 1. The van der Waals surface area contributed by atoms with E-state index in [2.05, 4.69) is 20.0 Å². The molecule has 0 saturated carbocycles. The first kappa shape index (κ1) is 19.8. The average Bonchev–Trinajstić information content (AvgIpc) is 3.25. The summed E-state index contributed by atoms with van der Waals surface area (Å²) in [5.41, 5.74) is 1.23. The highest BCUT2D eigenvalue weighted by molar-refractivity contribution is 7.93. The lowest BCUT2D eigenvalue weighted by Crippen LogP contribution is -2.20. The summed E-state index contributed by atoms with van der Waals surface area (Å²) in [7, 11) is -3.74. The maximum Gasteiger partial charge on any atom is 0.263 e. The Balaban J connectivity index is 1.38. The summed E-state index contributed by atoms with van der Waals surface area (Å²) in [6, 6.07) is 15.0. The van der Waals surface area contributed by atoms with Gasteiger partial charge in [-0.15, -0.1) is 11.3 Å². The van der Waals surface area contributed by atoms with Crippen molar-refractivity contribution in [3.63, 3.8) is 0 Å². The first-order valence-corrected chi connectivity index (χ1v) is 11.2. The van der Waals surface area contributed by atoms with Gasteiger partial charge in [0.15, 0.2) is 11.7 Å². The number of rotatable bonds is 7. The zero-order chi connectivity index (χ0) is 21.0. The minimum Gasteiger partial charge on any atom is -0.483 e. The van der Waals surface area contributed by atoms with Crippen LogP contribution in [0.2, 0.25) is 0 Å². The standard InChI is InChI=1S/C20H16N4O4S2/c25-19(13-28-18-9-10-21-17-4-2-1-3-16(17)18)23-14-5-7-15(8-6-14)30(26,27)24-20-22-11-12-29-20/h1-12H,13H2,(H,22,24)(H,23,25). The second-order valence-corrected chi connectivity index (χ2v) is 8.71. The van der Waals surface area contributed by atoms with Gasteiger partial charge in [-0.05, 0) is 42.5 Å². The molecule has 2 N–H and O–H groups in total. The molecule has 2 aromatic carbocycles. The van der Waals surface area contributed by atoms with Gasteiger partial charge < -0.3 is 10.1 Å². The molecule has 30 heavy (non-hydrogen) atoms. The van der Waals surface area contributed by atoms with Crippen molar-refractivity contribution in [2.24, 2.45) is 0 Å². The summed E-state index contributed by atoms with van der Waals surface area (Å²) in [5, 5.41) is 5.45. The highest BCUT2D eigenvalue weighted by Gasteiger charge is 2.15. The fraction of sp³-hybridized carbons (Fsp3) is 0.0500. The van der Waals surface area contributed by atoms with E-state index in [4.69, 9.17) is 4.74 Å². The first-order chi connectivity index (χ1) is 14.5. The molecule has 0 aliphatic rings. The number of fused-ring (bicyclic) bond motifs is 1. The van der Waals surface area contributed by atoms with E-state index in [-0.39, 0.29) is 22.5 Å². The van der Waals surface area contributed by atoms with Crippen LogP contribution in [0.4, 0.5) is 10.8 Å². The monoisotopic (exact) mass is 440 g/mol. The molecule has 0 atom stereocenters. The maximum atomic E-state index is 12.3. The van der Waals surface area contributed by atoms with E-state index in [1.807, 2.05) is 24.3 Å². The van der Waals surface area contributed by atoms with Gasteiger partial charge in [0.05, 0.1) is 10.4 Å². The Morgan fingerprint density at radius 2 is 1.80 bits per heavy atom. The molecule has 1 amide bonds. The van der Waals surface area contributed by atoms with E-state index in [9.17, 15) is 13.2 Å². The van der Waals surface area contributed by atoms with E-state index in [1.165, 1.54) is 41.8 Å². The maximum absolute atomic E-state index is 12.3. The lowest BCUT2D eigenvalue weighted by Gasteiger charge is -2.10. The number of carbonyl (C=O) groups excluding carboxylic acids is 1. The molecular weight excluding hydrogens is 424 g/mol. The summed E-state index contributed by atoms with van der Waals surface area (Å²) >= 11 is 1.18. The Morgan fingerprint density at radius 1 is 1.00 bits per heavy atom. The summed E-state index contributed by atoms with van der Waals surface area (Å²) in [6.45, 7) is -0.195. The number of sulfonamides is 1. The zero-order valence-electron chi connectivity index (χ0n) is 15.5. The van der Waals surface area contributed by atoms with Crippen molar-refractivity contribution in [1.82, 2.24) is 9.97 Å². The second kappa shape index (κ2) is 8.47. The number of benzene rings is 2. The molecule has 2 heterocycles. The minimum absolute atomic E-state index is 0.0650. The van der Waals surface area contributed by atoms with Gasteiger partial charge in [0.2, 0.25) is 0 Å². The van der Waals surface area contributed by atoms with Gasteiger partial charge >= 0.3 is 0 Å². The van der Waals surface area contributed by atoms with Crippen LogP contribution in [-0.4, -0.2) is 30.9 Å². The summed E-state index contributed by atoms with van der Waals surface area (Å²) in [4.78, 5) is 20.4. The van der Waals surface area contributed by atoms with E-state index in [0.29, 0.717) is 11.4 Å². The number of para-hydroxylation sites is 1. The van der Waals surface area contributed by atoms with Crippen LogP contribution in [0.15, 0.2) is 77.3 Å². The van der Waals surface area contributed by atoms with Crippen molar-refractivity contribution >= 4 is 49.0 Å². The number of pyridine rings is 1. The third-order valence-electron chi connectivity index (χ3n) is 4.07. The van der Waals surface area contributed by atoms with Crippen molar-refractivity contribution in [2.45, 2.75) is 4.90 Å². The molecule has 0 spiro atoms. The quantitative estimate of drug-likeness (QED) is 0.455. The number of anilines is 2. The number of hydrogen-bond acceptors (Lipinski definition) is 7. The third kappa shape index (κ3) is 4.56. The fourth-order valence-electron chi connectivity index (χ4n) is 2.70. The van der Waals surface area contributed by atoms with Crippen LogP contribution in [0.25, 0.3) is 10.9 Å². The van der Waals surface area contributed by atoms with E-state index in [0.717, 1.165) is 10.9 Å². The number of ether oxygens (including phenoxy) is 1. The van der Waals surface area contributed by atoms with Crippen molar-refractivity contribution in [1.29, 1.82) is 0 Å². The highest BCUT2D eigenvalue weighted by atomic mass is 32.2. The molecule has 0 radical (unpaired) electrons. The fourth-order valence-corrected chi connectivity index (χ4v) is 4.49. The topological polar surface area (TPSA) is 110 Å². The van der Waals surface area contributed by atoms with Gasteiger partial charge in [-0.1, -0.05) is 12.1 Å². The van der Waals surface area contributed by atoms with E-state index < -0.39 is 10.0 Å². The SMILES string of the molecule is O=C(COc1ccnc2ccccc12)Nc1ccc(S(=O)(=O)Nc2nccs2)cc1. The Bertz CT molecular complexity index is 1270. The molecule has 0 bridgehead atoms. The molecule has 10 heteroatoms. The van der Waals surface area contributed by atoms with Gasteiger partial charge in [0, 0.05) is 28.8 Å². The Labute approximate surface area is 176 Å². The summed E-state index contributed by atoms with van der Waals surface area (Å²) in [5.74, 6) is 0.192. The van der Waals surface area contributed by atoms with Gasteiger partial charge in [0.25, 0.3) is 15.9 Å². The van der Waals surface area contributed by atoms with E-state index in [1.54, 1.807) is 17.6 Å². The number of hydrogen-bond donors (Lipinski definition) is 2. The first-order valence-electron chi connectivity index (χ1n) is 8.80. The minimum atomic E-state index is -3.74. The van der Waals surface area contributed by atoms with Gasteiger partial charge in [-0.2, -0.15) is 0 Å². The predicted molar refractivity (Wildman–Crippen MR) is 115 cm³/mol. The van der Waals surface area contributed by atoms with Crippen LogP contribution in [0.5, 0.6) is 5.75 Å². The highest BCUT2D eigenvalue weighted by Crippen LogP contribution is 2.23.